The van der Waals surface area contributed by atoms with Crippen LogP contribution in [-0.2, 0) is 0 Å². The van der Waals surface area contributed by atoms with Crippen molar-refractivity contribution < 1.29 is 13.9 Å². The van der Waals surface area contributed by atoms with Gasteiger partial charge >= 0.3 is 0 Å². The number of aldehydes is 1. The highest BCUT2D eigenvalue weighted by Crippen LogP contribution is 2.30. The molecule has 0 bridgehead atoms. The van der Waals surface area contributed by atoms with E-state index < -0.39 is 0 Å². The maximum absolute atomic E-state index is 13.2. The monoisotopic (exact) mass is 230 g/mol. The van der Waals surface area contributed by atoms with Crippen molar-refractivity contribution in [2.75, 3.05) is 7.11 Å². The summed E-state index contributed by atoms with van der Waals surface area (Å²) in [7, 11) is 1.54. The molecule has 0 aliphatic carbocycles. The fraction of sp³-hybridized carbons (Fsp3) is 0.0714. The minimum Gasteiger partial charge on any atom is -0.496 e. The van der Waals surface area contributed by atoms with E-state index in [0.717, 1.165) is 6.29 Å². The molecule has 0 unspecified atom stereocenters. The molecule has 0 radical (unpaired) electrons. The molecule has 2 rings (SSSR count). The first-order chi connectivity index (χ1) is 8.24. The van der Waals surface area contributed by atoms with Gasteiger partial charge in [-0.25, -0.2) is 4.39 Å². The van der Waals surface area contributed by atoms with E-state index in [1.165, 1.54) is 12.1 Å². The Morgan fingerprint density at radius 1 is 1.18 bits per heavy atom. The van der Waals surface area contributed by atoms with Crippen molar-refractivity contribution in [3.05, 3.63) is 53.8 Å². The zero-order valence-corrected chi connectivity index (χ0v) is 9.31. The minimum atomic E-state index is -0.318. The van der Waals surface area contributed by atoms with Gasteiger partial charge in [-0.15, -0.1) is 0 Å². The molecule has 0 atom stereocenters. The summed E-state index contributed by atoms with van der Waals surface area (Å²) < 4.78 is 18.4. The molecule has 0 heterocycles. The molecule has 0 aliphatic heterocycles. The summed E-state index contributed by atoms with van der Waals surface area (Å²) in [6.07, 6.45) is 0.752. The highest BCUT2D eigenvalue weighted by molar-refractivity contribution is 5.81. The summed E-state index contributed by atoms with van der Waals surface area (Å²) in [5.41, 5.74) is 1.92. The van der Waals surface area contributed by atoms with Crippen LogP contribution < -0.4 is 4.74 Å². The maximum atomic E-state index is 13.2. The number of hydrogen-bond acceptors (Lipinski definition) is 2. The first-order valence-electron chi connectivity index (χ1n) is 5.14. The lowest BCUT2D eigenvalue weighted by atomic mass is 10.0. The lowest BCUT2D eigenvalue weighted by Crippen LogP contribution is -1.90. The topological polar surface area (TPSA) is 26.3 Å². The van der Waals surface area contributed by atoms with E-state index in [1.54, 1.807) is 37.4 Å². The van der Waals surface area contributed by atoms with Crippen molar-refractivity contribution in [1.29, 1.82) is 0 Å². The Kier molecular flexibility index (Phi) is 3.19. The summed E-state index contributed by atoms with van der Waals surface area (Å²) in [5, 5.41) is 0. The summed E-state index contributed by atoms with van der Waals surface area (Å²) in [5.74, 6) is 0.294. The summed E-state index contributed by atoms with van der Waals surface area (Å²) in [4.78, 5) is 10.7. The Bertz CT molecular complexity index is 550. The second-order valence-electron chi connectivity index (χ2n) is 3.59. The van der Waals surface area contributed by atoms with Crippen molar-refractivity contribution in [2.24, 2.45) is 0 Å². The molecule has 86 valence electrons. The minimum absolute atomic E-state index is 0.318. The van der Waals surface area contributed by atoms with Crippen LogP contribution in [-0.4, -0.2) is 13.4 Å². The molecule has 0 amide bonds. The molecule has 0 aliphatic rings. The first-order valence-corrected chi connectivity index (χ1v) is 5.14. The molecule has 2 nitrogen and oxygen atoms in total. The SMILES string of the molecule is COc1ccc(C=O)cc1-c1cccc(F)c1. The van der Waals surface area contributed by atoms with Crippen LogP contribution in [0.2, 0.25) is 0 Å². The second-order valence-corrected chi connectivity index (χ2v) is 3.59. The van der Waals surface area contributed by atoms with E-state index in [2.05, 4.69) is 0 Å². The predicted molar refractivity (Wildman–Crippen MR) is 63.8 cm³/mol. The quantitative estimate of drug-likeness (QED) is 0.756. The van der Waals surface area contributed by atoms with Gasteiger partial charge in [0.05, 0.1) is 7.11 Å². The molecule has 2 aromatic carbocycles. The molecule has 0 saturated heterocycles. The summed E-state index contributed by atoms with van der Waals surface area (Å²) in [6.45, 7) is 0. The molecule has 0 saturated carbocycles. The van der Waals surface area contributed by atoms with Crippen molar-refractivity contribution >= 4 is 6.29 Å². The molecular weight excluding hydrogens is 219 g/mol. The van der Waals surface area contributed by atoms with Crippen molar-refractivity contribution in [3.63, 3.8) is 0 Å². The van der Waals surface area contributed by atoms with E-state index in [0.29, 0.717) is 22.4 Å². The number of hydrogen-bond donors (Lipinski definition) is 0. The third-order valence-electron chi connectivity index (χ3n) is 2.50. The van der Waals surface area contributed by atoms with Crippen molar-refractivity contribution in [1.82, 2.24) is 0 Å². The average Bonchev–Trinajstić information content (AvgIpc) is 2.38. The zero-order valence-electron chi connectivity index (χ0n) is 9.31. The summed E-state index contributed by atoms with van der Waals surface area (Å²) >= 11 is 0. The van der Waals surface area contributed by atoms with E-state index in [1.807, 2.05) is 0 Å². The summed E-state index contributed by atoms with van der Waals surface area (Å²) in [6, 6.07) is 11.2. The van der Waals surface area contributed by atoms with Crippen LogP contribution in [0.15, 0.2) is 42.5 Å². The van der Waals surface area contributed by atoms with Gasteiger partial charge in [0.15, 0.2) is 0 Å². The second kappa shape index (κ2) is 4.78. The lowest BCUT2D eigenvalue weighted by Gasteiger charge is -2.09. The number of benzene rings is 2. The van der Waals surface area contributed by atoms with Crippen LogP contribution in [0.5, 0.6) is 5.75 Å². The zero-order chi connectivity index (χ0) is 12.3. The van der Waals surface area contributed by atoms with Crippen LogP contribution in [0.25, 0.3) is 11.1 Å². The number of carbonyl (C=O) groups excluding carboxylic acids is 1. The smallest absolute Gasteiger partial charge is 0.150 e. The fourth-order valence-electron chi connectivity index (χ4n) is 1.68. The van der Waals surface area contributed by atoms with Crippen LogP contribution in [0.3, 0.4) is 0 Å². The number of rotatable bonds is 3. The Hall–Kier alpha value is -2.16. The molecule has 0 N–H and O–H groups in total. The number of methoxy groups -OCH3 is 1. The molecule has 17 heavy (non-hydrogen) atoms. The molecule has 0 aromatic heterocycles. The van der Waals surface area contributed by atoms with Gasteiger partial charge in [0.2, 0.25) is 0 Å². The maximum Gasteiger partial charge on any atom is 0.150 e. The van der Waals surface area contributed by atoms with Crippen LogP contribution in [0, 0.1) is 5.82 Å². The fourth-order valence-corrected chi connectivity index (χ4v) is 1.68. The van der Waals surface area contributed by atoms with Gasteiger partial charge in [-0.2, -0.15) is 0 Å². The first kappa shape index (κ1) is 11.3. The number of carbonyl (C=O) groups is 1. The van der Waals surface area contributed by atoms with Gasteiger partial charge in [-0.05, 0) is 35.9 Å². The highest BCUT2D eigenvalue weighted by atomic mass is 19.1. The van der Waals surface area contributed by atoms with Gasteiger partial charge in [-0.3, -0.25) is 4.79 Å². The third kappa shape index (κ3) is 2.33. The molecule has 0 spiro atoms. The van der Waals surface area contributed by atoms with Gasteiger partial charge < -0.3 is 4.74 Å². The van der Waals surface area contributed by atoms with Gasteiger partial charge in [-0.1, -0.05) is 12.1 Å². The standard InChI is InChI=1S/C14H11FO2/c1-17-14-6-5-10(9-16)7-13(14)11-3-2-4-12(15)8-11/h2-9H,1H3. The van der Waals surface area contributed by atoms with E-state index in [4.69, 9.17) is 4.74 Å². The number of halogens is 1. The van der Waals surface area contributed by atoms with E-state index in [-0.39, 0.29) is 5.82 Å². The Labute approximate surface area is 98.7 Å². The van der Waals surface area contributed by atoms with Gasteiger partial charge in [0.25, 0.3) is 0 Å². The molecule has 2 aromatic rings. The van der Waals surface area contributed by atoms with E-state index in [9.17, 15) is 9.18 Å². The highest BCUT2D eigenvalue weighted by Gasteiger charge is 2.07. The predicted octanol–water partition coefficient (Wildman–Crippen LogP) is 3.31. The Morgan fingerprint density at radius 2 is 2.00 bits per heavy atom. The molecule has 3 heteroatoms. The van der Waals surface area contributed by atoms with Crippen molar-refractivity contribution in [3.8, 4) is 16.9 Å². The van der Waals surface area contributed by atoms with Crippen LogP contribution in [0.1, 0.15) is 10.4 Å². The van der Waals surface area contributed by atoms with Crippen LogP contribution in [0.4, 0.5) is 4.39 Å². The largest absolute Gasteiger partial charge is 0.496 e. The Morgan fingerprint density at radius 3 is 2.65 bits per heavy atom. The number of ether oxygens (including phenoxy) is 1. The third-order valence-corrected chi connectivity index (χ3v) is 2.50. The lowest BCUT2D eigenvalue weighted by molar-refractivity contribution is 0.112. The molecular formula is C14H11FO2. The average molecular weight is 230 g/mol. The molecule has 0 fully saturated rings. The van der Waals surface area contributed by atoms with Gasteiger partial charge in [0.1, 0.15) is 17.9 Å². The normalized spacial score (nSPS) is 10.0. The van der Waals surface area contributed by atoms with Crippen molar-refractivity contribution in [2.45, 2.75) is 0 Å². The van der Waals surface area contributed by atoms with E-state index >= 15 is 0 Å². The Balaban J connectivity index is 2.59. The van der Waals surface area contributed by atoms with Crippen LogP contribution >= 0.6 is 0 Å². The van der Waals surface area contributed by atoms with Gasteiger partial charge in [0, 0.05) is 11.1 Å².